The number of hydrogen-bond acceptors (Lipinski definition) is 2. The van der Waals surface area contributed by atoms with Crippen molar-refractivity contribution in [3.05, 3.63) is 23.1 Å². The van der Waals surface area contributed by atoms with Crippen LogP contribution in [0, 0.1) is 11.8 Å². The molecule has 1 aliphatic rings. The second kappa shape index (κ2) is 6.53. The minimum Gasteiger partial charge on any atom is -0.312 e. The summed E-state index contributed by atoms with van der Waals surface area (Å²) in [5, 5.41) is 0.635. The second-order valence-electron chi connectivity index (χ2n) is 6.10. The zero-order chi connectivity index (χ0) is 14.8. The summed E-state index contributed by atoms with van der Waals surface area (Å²) in [6.45, 7) is 3.37. The summed E-state index contributed by atoms with van der Waals surface area (Å²) in [5.41, 5.74) is 1.82. The van der Waals surface area contributed by atoms with Crippen molar-refractivity contribution in [2.24, 2.45) is 11.8 Å². The zero-order valence-corrected chi connectivity index (χ0v) is 13.9. The van der Waals surface area contributed by atoms with Gasteiger partial charge in [-0.1, -0.05) is 37.8 Å². The van der Waals surface area contributed by atoms with Crippen molar-refractivity contribution in [1.82, 2.24) is 14.5 Å². The van der Waals surface area contributed by atoms with E-state index in [-0.39, 0.29) is 0 Å². The Balaban J connectivity index is 1.96. The number of rotatable bonds is 4. The summed E-state index contributed by atoms with van der Waals surface area (Å²) in [5.74, 6) is 3.10. The van der Waals surface area contributed by atoms with Gasteiger partial charge in [-0.3, -0.25) is 0 Å². The molecule has 0 bridgehead atoms. The molecule has 21 heavy (non-hydrogen) atoms. The first-order chi connectivity index (χ1) is 10.2. The van der Waals surface area contributed by atoms with E-state index in [4.69, 9.17) is 23.2 Å². The van der Waals surface area contributed by atoms with Crippen LogP contribution < -0.4 is 0 Å². The van der Waals surface area contributed by atoms with E-state index in [9.17, 15) is 0 Å². The number of pyridine rings is 1. The zero-order valence-electron chi connectivity index (χ0n) is 12.4. The lowest BCUT2D eigenvalue weighted by Gasteiger charge is -2.29. The van der Waals surface area contributed by atoms with Crippen LogP contribution in [0.4, 0.5) is 0 Å². The van der Waals surface area contributed by atoms with Crippen LogP contribution in [-0.4, -0.2) is 20.4 Å². The smallest absolute Gasteiger partial charge is 0.160 e. The summed E-state index contributed by atoms with van der Waals surface area (Å²) < 4.78 is 2.26. The molecule has 0 radical (unpaired) electrons. The lowest BCUT2D eigenvalue weighted by Crippen LogP contribution is -2.23. The van der Waals surface area contributed by atoms with Gasteiger partial charge >= 0.3 is 0 Å². The Morgan fingerprint density at radius 1 is 1.33 bits per heavy atom. The van der Waals surface area contributed by atoms with E-state index >= 15 is 0 Å². The summed E-state index contributed by atoms with van der Waals surface area (Å²) in [6.07, 6.45) is 7.82. The molecule has 1 saturated carbocycles. The maximum atomic E-state index is 6.03. The fourth-order valence-corrected chi connectivity index (χ4v) is 3.72. The molecule has 1 aliphatic carbocycles. The molecule has 2 heterocycles. The van der Waals surface area contributed by atoms with Gasteiger partial charge in [0.05, 0.1) is 5.02 Å². The molecule has 0 saturated heterocycles. The Kier molecular flexibility index (Phi) is 4.70. The molecule has 0 N–H and O–H groups in total. The van der Waals surface area contributed by atoms with Crippen molar-refractivity contribution in [3.8, 4) is 0 Å². The Morgan fingerprint density at radius 3 is 2.90 bits per heavy atom. The average Bonchev–Trinajstić information content (AvgIpc) is 2.79. The van der Waals surface area contributed by atoms with Crippen LogP contribution in [0.2, 0.25) is 5.02 Å². The van der Waals surface area contributed by atoms with Crippen LogP contribution in [0.25, 0.3) is 11.2 Å². The topological polar surface area (TPSA) is 30.7 Å². The van der Waals surface area contributed by atoms with Gasteiger partial charge in [0, 0.05) is 25.0 Å². The van der Waals surface area contributed by atoms with Gasteiger partial charge in [-0.05, 0) is 24.3 Å². The summed E-state index contributed by atoms with van der Waals surface area (Å²) in [7, 11) is 0. The van der Waals surface area contributed by atoms with E-state index in [2.05, 4.69) is 21.5 Å². The molecular weight excluding hydrogens is 305 g/mol. The predicted molar refractivity (Wildman–Crippen MR) is 88.1 cm³/mol. The Morgan fingerprint density at radius 2 is 2.14 bits per heavy atom. The van der Waals surface area contributed by atoms with E-state index in [0.29, 0.717) is 16.8 Å². The molecule has 0 aliphatic heterocycles. The van der Waals surface area contributed by atoms with Crippen LogP contribution in [-0.2, 0) is 13.0 Å². The molecule has 3 rings (SSSR count). The number of aryl methyl sites for hydroxylation is 1. The van der Waals surface area contributed by atoms with E-state index in [0.717, 1.165) is 35.9 Å². The molecule has 0 amide bonds. The van der Waals surface area contributed by atoms with Gasteiger partial charge in [-0.15, -0.1) is 11.6 Å². The highest BCUT2D eigenvalue weighted by molar-refractivity contribution is 6.31. The Hall–Kier alpha value is -0.800. The summed E-state index contributed by atoms with van der Waals surface area (Å²) in [4.78, 5) is 9.18. The van der Waals surface area contributed by atoms with Crippen molar-refractivity contribution in [2.45, 2.75) is 45.6 Å². The first-order valence-corrected chi connectivity index (χ1v) is 8.67. The maximum Gasteiger partial charge on any atom is 0.160 e. The summed E-state index contributed by atoms with van der Waals surface area (Å²) in [6, 6.07) is 1.89. The normalized spacial score (nSPS) is 22.8. The van der Waals surface area contributed by atoms with Crippen LogP contribution >= 0.6 is 23.2 Å². The highest BCUT2D eigenvalue weighted by atomic mass is 35.5. The van der Waals surface area contributed by atoms with Crippen LogP contribution in [0.3, 0.4) is 0 Å². The van der Waals surface area contributed by atoms with Crippen molar-refractivity contribution in [3.63, 3.8) is 0 Å². The molecule has 2 aromatic heterocycles. The molecular formula is C16H21Cl2N3. The third-order valence-electron chi connectivity index (χ3n) is 4.65. The maximum absolute atomic E-state index is 6.03. The van der Waals surface area contributed by atoms with Gasteiger partial charge in [-0.2, -0.15) is 0 Å². The SMILES string of the molecule is CC1CCCCC1Cn1c(CCCl)nc2cc(Cl)cnc21. The van der Waals surface area contributed by atoms with E-state index in [1.54, 1.807) is 6.20 Å². The molecule has 2 atom stereocenters. The van der Waals surface area contributed by atoms with E-state index < -0.39 is 0 Å². The first kappa shape index (κ1) is 15.1. The molecule has 114 valence electrons. The van der Waals surface area contributed by atoms with Crippen molar-refractivity contribution < 1.29 is 0 Å². The Bertz CT molecular complexity index is 623. The van der Waals surface area contributed by atoms with E-state index in [1.807, 2.05) is 6.07 Å². The number of hydrogen-bond donors (Lipinski definition) is 0. The third kappa shape index (κ3) is 3.19. The average molecular weight is 326 g/mol. The molecule has 2 aromatic rings. The number of aromatic nitrogens is 3. The van der Waals surface area contributed by atoms with Gasteiger partial charge in [-0.25, -0.2) is 9.97 Å². The Labute approximate surface area is 135 Å². The predicted octanol–water partition coefficient (Wildman–Crippen LogP) is 4.69. The molecule has 0 spiro atoms. The fourth-order valence-electron chi connectivity index (χ4n) is 3.40. The highest BCUT2D eigenvalue weighted by Gasteiger charge is 2.24. The number of fused-ring (bicyclic) bond motifs is 1. The molecule has 1 fully saturated rings. The fraction of sp³-hybridized carbons (Fsp3) is 0.625. The quantitative estimate of drug-likeness (QED) is 0.763. The van der Waals surface area contributed by atoms with Crippen LogP contribution in [0.15, 0.2) is 12.3 Å². The van der Waals surface area contributed by atoms with Gasteiger partial charge in [0.2, 0.25) is 0 Å². The monoisotopic (exact) mass is 325 g/mol. The second-order valence-corrected chi connectivity index (χ2v) is 6.91. The van der Waals surface area contributed by atoms with Crippen LogP contribution in [0.1, 0.15) is 38.4 Å². The van der Waals surface area contributed by atoms with Crippen molar-refractivity contribution in [2.75, 3.05) is 5.88 Å². The van der Waals surface area contributed by atoms with Crippen molar-refractivity contribution >= 4 is 34.4 Å². The molecule has 3 nitrogen and oxygen atoms in total. The van der Waals surface area contributed by atoms with Gasteiger partial charge < -0.3 is 4.57 Å². The number of alkyl halides is 1. The van der Waals surface area contributed by atoms with Gasteiger partial charge in [0.1, 0.15) is 11.3 Å². The number of imidazole rings is 1. The standard InChI is InChI=1S/C16H21Cl2N3/c1-11-4-2-3-5-12(11)10-21-15(6-7-17)20-14-8-13(18)9-19-16(14)21/h8-9,11-12H,2-7,10H2,1H3. The van der Waals surface area contributed by atoms with E-state index in [1.165, 1.54) is 25.7 Å². The highest BCUT2D eigenvalue weighted by Crippen LogP contribution is 2.32. The summed E-state index contributed by atoms with van der Waals surface area (Å²) >= 11 is 12.0. The minimum absolute atomic E-state index is 0.581. The lowest BCUT2D eigenvalue weighted by atomic mass is 9.80. The first-order valence-electron chi connectivity index (χ1n) is 7.75. The molecule has 0 aromatic carbocycles. The number of nitrogens with zero attached hydrogens (tertiary/aromatic N) is 3. The third-order valence-corrected chi connectivity index (χ3v) is 5.05. The molecule has 2 unspecified atom stereocenters. The minimum atomic E-state index is 0.581. The largest absolute Gasteiger partial charge is 0.312 e. The lowest BCUT2D eigenvalue weighted by molar-refractivity contribution is 0.228. The van der Waals surface area contributed by atoms with Gasteiger partial charge in [0.15, 0.2) is 5.65 Å². The van der Waals surface area contributed by atoms with Crippen molar-refractivity contribution in [1.29, 1.82) is 0 Å². The number of halogens is 2. The molecule has 5 heteroatoms. The van der Waals surface area contributed by atoms with Gasteiger partial charge in [0.25, 0.3) is 0 Å². The van der Waals surface area contributed by atoms with Crippen LogP contribution in [0.5, 0.6) is 0 Å².